The van der Waals surface area contributed by atoms with Crippen LogP contribution >= 0.6 is 0 Å². The molecule has 1 atom stereocenters. The first-order valence-corrected chi connectivity index (χ1v) is 7.22. The van der Waals surface area contributed by atoms with Gasteiger partial charge in [-0.15, -0.1) is 0 Å². The number of para-hydroxylation sites is 1. The van der Waals surface area contributed by atoms with Crippen molar-refractivity contribution in [2.24, 2.45) is 10.8 Å². The molecule has 0 saturated heterocycles. The lowest BCUT2D eigenvalue weighted by Gasteiger charge is -2.20. The van der Waals surface area contributed by atoms with Crippen LogP contribution in [0.25, 0.3) is 0 Å². The van der Waals surface area contributed by atoms with Gasteiger partial charge in [0, 0.05) is 12.6 Å². The van der Waals surface area contributed by atoms with Gasteiger partial charge in [-0.2, -0.15) is 5.10 Å². The average molecular weight is 325 g/mol. The Morgan fingerprint density at radius 1 is 1.21 bits per heavy atom. The second-order valence-corrected chi connectivity index (χ2v) is 5.17. The molecule has 4 N–H and O–H groups in total. The number of carbonyl (C=O) groups is 2. The number of aromatic nitrogens is 1. The monoisotopic (exact) mass is 325 g/mol. The molecule has 0 aliphatic carbocycles. The molecule has 0 fully saturated rings. The van der Waals surface area contributed by atoms with Crippen LogP contribution in [0.2, 0.25) is 0 Å². The van der Waals surface area contributed by atoms with E-state index in [0.717, 1.165) is 0 Å². The number of pyridine rings is 1. The first-order chi connectivity index (χ1) is 11.6. The first-order valence-electron chi connectivity index (χ1n) is 7.22. The van der Waals surface area contributed by atoms with Gasteiger partial charge in [0.15, 0.2) is 11.6 Å². The van der Waals surface area contributed by atoms with E-state index < -0.39 is 17.9 Å². The quantitative estimate of drug-likeness (QED) is 0.769. The van der Waals surface area contributed by atoms with E-state index in [1.807, 2.05) is 6.07 Å². The fourth-order valence-corrected chi connectivity index (χ4v) is 2.36. The predicted octanol–water partition coefficient (Wildman–Crippen LogP) is 0.846. The number of hydrogen-bond donors (Lipinski definition) is 3. The molecule has 1 aliphatic heterocycles. The van der Waals surface area contributed by atoms with Crippen molar-refractivity contribution in [2.45, 2.75) is 12.5 Å². The Kier molecular flexibility index (Phi) is 4.11. The smallest absolute Gasteiger partial charge is 0.273 e. The molecule has 8 nitrogen and oxygen atoms in total. The number of nitrogens with one attached hydrogen (secondary N) is 1. The van der Waals surface area contributed by atoms with Crippen LogP contribution < -0.4 is 16.1 Å². The minimum Gasteiger partial charge on any atom is -0.504 e. The van der Waals surface area contributed by atoms with Gasteiger partial charge >= 0.3 is 0 Å². The van der Waals surface area contributed by atoms with Crippen molar-refractivity contribution in [1.29, 1.82) is 0 Å². The molecule has 2 amide bonds. The third-order valence-electron chi connectivity index (χ3n) is 3.54. The minimum absolute atomic E-state index is 0.0268. The number of hydrazone groups is 1. The number of rotatable bonds is 4. The topological polar surface area (TPSA) is 121 Å². The second-order valence-electron chi connectivity index (χ2n) is 5.17. The molecule has 122 valence electrons. The van der Waals surface area contributed by atoms with Crippen LogP contribution in [0.15, 0.2) is 53.8 Å². The summed E-state index contributed by atoms with van der Waals surface area (Å²) in [4.78, 5) is 27.9. The third-order valence-corrected chi connectivity index (χ3v) is 3.54. The highest BCUT2D eigenvalue weighted by molar-refractivity contribution is 6.44. The van der Waals surface area contributed by atoms with Gasteiger partial charge in [0.05, 0.1) is 5.69 Å². The van der Waals surface area contributed by atoms with Gasteiger partial charge in [-0.25, -0.2) is 4.98 Å². The van der Waals surface area contributed by atoms with Gasteiger partial charge in [0.25, 0.3) is 5.91 Å². The van der Waals surface area contributed by atoms with Crippen LogP contribution in [-0.2, 0) is 9.59 Å². The van der Waals surface area contributed by atoms with E-state index in [4.69, 9.17) is 5.73 Å². The third kappa shape index (κ3) is 3.02. The number of hydrogen-bond acceptors (Lipinski definition) is 6. The Hall–Kier alpha value is -3.42. The molecule has 1 aromatic carbocycles. The SMILES string of the molecule is NC(=O)[C@H]1CC(C(=O)Nc2ncccc2O)=NN1c1ccccc1. The molecule has 3 rings (SSSR count). The summed E-state index contributed by atoms with van der Waals surface area (Å²) in [5, 5.41) is 17.8. The van der Waals surface area contributed by atoms with Gasteiger partial charge in [-0.05, 0) is 24.3 Å². The van der Waals surface area contributed by atoms with Gasteiger partial charge < -0.3 is 16.2 Å². The van der Waals surface area contributed by atoms with Crippen molar-refractivity contribution in [3.05, 3.63) is 48.7 Å². The lowest BCUT2D eigenvalue weighted by Crippen LogP contribution is -2.39. The number of amides is 2. The van der Waals surface area contributed by atoms with Crippen LogP contribution in [0.4, 0.5) is 11.5 Å². The number of benzene rings is 1. The molecule has 2 aromatic rings. The van der Waals surface area contributed by atoms with Crippen molar-refractivity contribution >= 4 is 29.0 Å². The molecular weight excluding hydrogens is 310 g/mol. The maximum Gasteiger partial charge on any atom is 0.273 e. The van der Waals surface area contributed by atoms with E-state index in [1.165, 1.54) is 17.3 Å². The van der Waals surface area contributed by atoms with E-state index in [1.54, 1.807) is 30.3 Å². The molecule has 0 bridgehead atoms. The molecule has 0 unspecified atom stereocenters. The van der Waals surface area contributed by atoms with E-state index in [0.29, 0.717) is 5.69 Å². The summed E-state index contributed by atoms with van der Waals surface area (Å²) >= 11 is 0. The molecule has 0 spiro atoms. The number of aromatic hydroxyl groups is 1. The summed E-state index contributed by atoms with van der Waals surface area (Å²) in [6, 6.07) is 11.2. The molecule has 24 heavy (non-hydrogen) atoms. The summed E-state index contributed by atoms with van der Waals surface area (Å²) in [5.41, 5.74) is 6.22. The van der Waals surface area contributed by atoms with Gasteiger partial charge in [0.2, 0.25) is 5.91 Å². The van der Waals surface area contributed by atoms with Crippen molar-refractivity contribution < 1.29 is 14.7 Å². The second kappa shape index (κ2) is 6.37. The van der Waals surface area contributed by atoms with Crippen LogP contribution in [0, 0.1) is 0 Å². The Bertz CT molecular complexity index is 806. The van der Waals surface area contributed by atoms with Crippen molar-refractivity contribution in [3.63, 3.8) is 0 Å². The van der Waals surface area contributed by atoms with E-state index >= 15 is 0 Å². The highest BCUT2D eigenvalue weighted by Crippen LogP contribution is 2.25. The molecule has 0 radical (unpaired) electrons. The van der Waals surface area contributed by atoms with Crippen LogP contribution in [0.3, 0.4) is 0 Å². The Labute approximate surface area is 137 Å². The number of nitrogens with zero attached hydrogens (tertiary/aromatic N) is 3. The minimum atomic E-state index is -0.745. The summed E-state index contributed by atoms with van der Waals surface area (Å²) in [5.74, 6) is -1.26. The van der Waals surface area contributed by atoms with E-state index in [9.17, 15) is 14.7 Å². The zero-order chi connectivity index (χ0) is 17.1. The molecule has 2 heterocycles. The maximum atomic E-state index is 12.3. The van der Waals surface area contributed by atoms with E-state index in [-0.39, 0.29) is 23.7 Å². The number of primary amides is 1. The Morgan fingerprint density at radius 2 is 1.96 bits per heavy atom. The summed E-state index contributed by atoms with van der Waals surface area (Å²) < 4.78 is 0. The highest BCUT2D eigenvalue weighted by atomic mass is 16.3. The van der Waals surface area contributed by atoms with E-state index in [2.05, 4.69) is 15.4 Å². The summed E-state index contributed by atoms with van der Waals surface area (Å²) in [6.45, 7) is 0. The van der Waals surface area contributed by atoms with Crippen molar-refractivity contribution in [1.82, 2.24) is 4.98 Å². The molecule has 1 aromatic heterocycles. The molecular formula is C16H15N5O3. The predicted molar refractivity (Wildman–Crippen MR) is 88.5 cm³/mol. The number of nitrogens with two attached hydrogens (primary N) is 1. The highest BCUT2D eigenvalue weighted by Gasteiger charge is 2.35. The maximum absolute atomic E-state index is 12.3. The van der Waals surface area contributed by atoms with Gasteiger partial charge in [-0.3, -0.25) is 14.6 Å². The lowest BCUT2D eigenvalue weighted by molar-refractivity contribution is -0.119. The average Bonchev–Trinajstić information content (AvgIpc) is 3.03. The largest absolute Gasteiger partial charge is 0.504 e. The Balaban J connectivity index is 1.84. The van der Waals surface area contributed by atoms with Crippen LogP contribution in [-0.4, -0.2) is 33.7 Å². The zero-order valence-corrected chi connectivity index (χ0v) is 12.6. The Morgan fingerprint density at radius 3 is 2.62 bits per heavy atom. The van der Waals surface area contributed by atoms with Gasteiger partial charge in [0.1, 0.15) is 11.8 Å². The van der Waals surface area contributed by atoms with Crippen LogP contribution in [0.5, 0.6) is 5.75 Å². The molecule has 0 saturated carbocycles. The standard InChI is InChI=1S/C16H15N5O3/c17-14(23)12-9-11(20-21(12)10-5-2-1-3-6-10)16(24)19-15-13(22)7-4-8-18-15/h1-8,12,22H,9H2,(H2,17,23)(H,18,19,24)/t12-/m1/s1. The van der Waals surface area contributed by atoms with Crippen molar-refractivity contribution in [3.8, 4) is 5.75 Å². The summed E-state index contributed by atoms with van der Waals surface area (Å²) in [7, 11) is 0. The zero-order valence-electron chi connectivity index (χ0n) is 12.6. The first kappa shape index (κ1) is 15.5. The fourth-order valence-electron chi connectivity index (χ4n) is 2.36. The number of carbonyl (C=O) groups excluding carboxylic acids is 2. The number of anilines is 2. The fraction of sp³-hybridized carbons (Fsp3) is 0.125. The lowest BCUT2D eigenvalue weighted by atomic mass is 10.1. The normalized spacial score (nSPS) is 16.6. The summed E-state index contributed by atoms with van der Waals surface area (Å²) in [6.07, 6.45) is 1.51. The molecule has 8 heteroatoms. The van der Waals surface area contributed by atoms with Gasteiger partial charge in [-0.1, -0.05) is 18.2 Å². The van der Waals surface area contributed by atoms with Crippen LogP contribution in [0.1, 0.15) is 6.42 Å². The van der Waals surface area contributed by atoms with Crippen molar-refractivity contribution in [2.75, 3.05) is 10.3 Å². The molecule has 1 aliphatic rings.